The van der Waals surface area contributed by atoms with E-state index in [1.165, 1.54) is 0 Å². The predicted octanol–water partition coefficient (Wildman–Crippen LogP) is 3.18. The van der Waals surface area contributed by atoms with Crippen LogP contribution in [0.2, 0.25) is 0 Å². The summed E-state index contributed by atoms with van der Waals surface area (Å²) in [5.41, 5.74) is 2.12. The SMILES string of the molecule is CCCNC(=O)[C@H](NC(=O)c1ccc(C)cc1)C1CCN(C(=O)c2ccccc2OC)CC1. The second kappa shape index (κ2) is 11.5. The fourth-order valence-electron chi connectivity index (χ4n) is 4.11. The highest BCUT2D eigenvalue weighted by Crippen LogP contribution is 2.25. The molecule has 0 saturated carbocycles. The molecule has 0 aromatic heterocycles. The summed E-state index contributed by atoms with van der Waals surface area (Å²) < 4.78 is 5.33. The first-order chi connectivity index (χ1) is 15.9. The Hall–Kier alpha value is -3.35. The average Bonchev–Trinajstić information content (AvgIpc) is 2.85. The van der Waals surface area contributed by atoms with Crippen molar-refractivity contribution in [2.24, 2.45) is 5.92 Å². The van der Waals surface area contributed by atoms with Gasteiger partial charge in [0, 0.05) is 25.2 Å². The molecule has 33 heavy (non-hydrogen) atoms. The van der Waals surface area contributed by atoms with Crippen LogP contribution in [0.4, 0.5) is 0 Å². The summed E-state index contributed by atoms with van der Waals surface area (Å²) in [5.74, 6) is -0.0302. The van der Waals surface area contributed by atoms with Gasteiger partial charge in [-0.25, -0.2) is 0 Å². The van der Waals surface area contributed by atoms with Gasteiger partial charge in [-0.05, 0) is 56.4 Å². The fraction of sp³-hybridized carbons (Fsp3) is 0.423. The van der Waals surface area contributed by atoms with Crippen molar-refractivity contribution < 1.29 is 19.1 Å². The summed E-state index contributed by atoms with van der Waals surface area (Å²) in [6.07, 6.45) is 2.06. The largest absolute Gasteiger partial charge is 0.496 e. The van der Waals surface area contributed by atoms with Crippen LogP contribution in [0.3, 0.4) is 0 Å². The van der Waals surface area contributed by atoms with E-state index < -0.39 is 6.04 Å². The lowest BCUT2D eigenvalue weighted by atomic mass is 9.88. The Morgan fingerprint density at radius 2 is 1.73 bits per heavy atom. The molecule has 2 aromatic carbocycles. The van der Waals surface area contributed by atoms with Crippen LogP contribution in [0.25, 0.3) is 0 Å². The molecule has 1 aliphatic rings. The van der Waals surface area contributed by atoms with E-state index >= 15 is 0 Å². The van der Waals surface area contributed by atoms with E-state index in [0.717, 1.165) is 12.0 Å². The molecule has 7 heteroatoms. The maximum absolute atomic E-state index is 13.0. The fourth-order valence-corrected chi connectivity index (χ4v) is 4.11. The van der Waals surface area contributed by atoms with Crippen molar-refractivity contribution in [1.29, 1.82) is 0 Å². The Balaban J connectivity index is 1.69. The molecule has 0 radical (unpaired) electrons. The van der Waals surface area contributed by atoms with Gasteiger partial charge < -0.3 is 20.3 Å². The number of rotatable bonds is 8. The van der Waals surface area contributed by atoms with Gasteiger partial charge in [-0.2, -0.15) is 0 Å². The molecule has 1 saturated heterocycles. The van der Waals surface area contributed by atoms with Crippen LogP contribution < -0.4 is 15.4 Å². The Morgan fingerprint density at radius 3 is 2.36 bits per heavy atom. The lowest BCUT2D eigenvalue weighted by Gasteiger charge is -2.36. The maximum atomic E-state index is 13.0. The standard InChI is InChI=1S/C26H33N3O4/c1-4-15-27-25(31)23(28-24(30)20-11-9-18(2)10-12-20)19-13-16-29(17-14-19)26(32)21-7-5-6-8-22(21)33-3/h5-12,19,23H,4,13-17H2,1-3H3,(H,27,31)(H,28,30)/t23-/m1/s1. The number of carbonyl (C=O) groups excluding carboxylic acids is 3. The van der Waals surface area contributed by atoms with E-state index in [1.54, 1.807) is 36.3 Å². The number of piperidine rings is 1. The second-order valence-corrected chi connectivity index (χ2v) is 8.44. The first-order valence-electron chi connectivity index (χ1n) is 11.5. The number of nitrogens with one attached hydrogen (secondary N) is 2. The summed E-state index contributed by atoms with van der Waals surface area (Å²) in [6.45, 7) is 5.53. The van der Waals surface area contributed by atoms with Crippen LogP contribution in [0.5, 0.6) is 5.75 Å². The van der Waals surface area contributed by atoms with Crippen molar-refractivity contribution in [3.63, 3.8) is 0 Å². The van der Waals surface area contributed by atoms with Gasteiger partial charge in [-0.3, -0.25) is 14.4 Å². The Labute approximate surface area is 195 Å². The number of benzene rings is 2. The number of aryl methyl sites for hydroxylation is 1. The molecule has 0 bridgehead atoms. The molecule has 2 N–H and O–H groups in total. The minimum Gasteiger partial charge on any atom is -0.496 e. The van der Waals surface area contributed by atoms with Crippen LogP contribution >= 0.6 is 0 Å². The molecule has 3 amide bonds. The van der Waals surface area contributed by atoms with Gasteiger partial charge in [0.1, 0.15) is 11.8 Å². The zero-order valence-electron chi connectivity index (χ0n) is 19.6. The lowest BCUT2D eigenvalue weighted by molar-refractivity contribution is -0.124. The number of amides is 3. The molecule has 7 nitrogen and oxygen atoms in total. The number of nitrogens with zero attached hydrogens (tertiary/aromatic N) is 1. The summed E-state index contributed by atoms with van der Waals surface area (Å²) in [5, 5.41) is 5.87. The van der Waals surface area contributed by atoms with Crippen LogP contribution in [0.1, 0.15) is 52.5 Å². The van der Waals surface area contributed by atoms with Crippen molar-refractivity contribution in [3.8, 4) is 5.75 Å². The van der Waals surface area contributed by atoms with Crippen molar-refractivity contribution in [2.45, 2.75) is 39.2 Å². The van der Waals surface area contributed by atoms with E-state index in [9.17, 15) is 14.4 Å². The molecule has 0 unspecified atom stereocenters. The van der Waals surface area contributed by atoms with Gasteiger partial charge in [0.05, 0.1) is 12.7 Å². The number of para-hydroxylation sites is 1. The molecule has 2 aromatic rings. The molecular formula is C26H33N3O4. The van der Waals surface area contributed by atoms with E-state index in [1.807, 2.05) is 38.1 Å². The number of carbonyl (C=O) groups is 3. The summed E-state index contributed by atoms with van der Waals surface area (Å²) in [4.78, 5) is 40.6. The van der Waals surface area contributed by atoms with Crippen LogP contribution in [-0.4, -0.2) is 55.4 Å². The summed E-state index contributed by atoms with van der Waals surface area (Å²) in [7, 11) is 1.55. The first-order valence-corrected chi connectivity index (χ1v) is 11.5. The van der Waals surface area contributed by atoms with Crippen molar-refractivity contribution in [3.05, 3.63) is 65.2 Å². The zero-order valence-corrected chi connectivity index (χ0v) is 19.6. The van der Waals surface area contributed by atoms with Crippen molar-refractivity contribution in [1.82, 2.24) is 15.5 Å². The molecule has 3 rings (SSSR count). The minimum atomic E-state index is -0.645. The molecular weight excluding hydrogens is 418 g/mol. The Kier molecular flexibility index (Phi) is 8.46. The molecule has 176 valence electrons. The van der Waals surface area contributed by atoms with E-state index in [2.05, 4.69) is 10.6 Å². The molecule has 1 fully saturated rings. The van der Waals surface area contributed by atoms with Gasteiger partial charge in [0.2, 0.25) is 5.91 Å². The molecule has 1 heterocycles. The van der Waals surface area contributed by atoms with Gasteiger partial charge in [-0.1, -0.05) is 36.8 Å². The molecule has 0 spiro atoms. The highest BCUT2D eigenvalue weighted by molar-refractivity contribution is 5.98. The number of methoxy groups -OCH3 is 1. The number of likely N-dealkylation sites (tertiary alicyclic amines) is 1. The average molecular weight is 452 g/mol. The van der Waals surface area contributed by atoms with Crippen LogP contribution in [0.15, 0.2) is 48.5 Å². The van der Waals surface area contributed by atoms with E-state index in [4.69, 9.17) is 4.74 Å². The Bertz CT molecular complexity index is 966. The third kappa shape index (κ3) is 6.12. The number of hydrogen-bond acceptors (Lipinski definition) is 4. The molecule has 0 aliphatic carbocycles. The highest BCUT2D eigenvalue weighted by Gasteiger charge is 2.34. The van der Waals surface area contributed by atoms with Crippen molar-refractivity contribution in [2.75, 3.05) is 26.7 Å². The van der Waals surface area contributed by atoms with Crippen LogP contribution in [0, 0.1) is 12.8 Å². The minimum absolute atomic E-state index is 0.0574. The summed E-state index contributed by atoms with van der Waals surface area (Å²) >= 11 is 0. The summed E-state index contributed by atoms with van der Waals surface area (Å²) in [6, 6.07) is 13.8. The van der Waals surface area contributed by atoms with Gasteiger partial charge in [0.15, 0.2) is 0 Å². The van der Waals surface area contributed by atoms with E-state index in [0.29, 0.717) is 49.4 Å². The molecule has 1 aliphatic heterocycles. The number of hydrogen-bond donors (Lipinski definition) is 2. The van der Waals surface area contributed by atoms with E-state index in [-0.39, 0.29) is 23.6 Å². The maximum Gasteiger partial charge on any atom is 0.257 e. The van der Waals surface area contributed by atoms with Crippen molar-refractivity contribution >= 4 is 17.7 Å². The number of ether oxygens (including phenoxy) is 1. The zero-order chi connectivity index (χ0) is 23.8. The van der Waals surface area contributed by atoms with Gasteiger partial charge >= 0.3 is 0 Å². The second-order valence-electron chi connectivity index (χ2n) is 8.44. The third-order valence-corrected chi connectivity index (χ3v) is 6.07. The topological polar surface area (TPSA) is 87.7 Å². The quantitative estimate of drug-likeness (QED) is 0.645. The van der Waals surface area contributed by atoms with Gasteiger partial charge in [0.25, 0.3) is 11.8 Å². The Morgan fingerprint density at radius 1 is 1.06 bits per heavy atom. The van der Waals surface area contributed by atoms with Crippen LogP contribution in [-0.2, 0) is 4.79 Å². The highest BCUT2D eigenvalue weighted by atomic mass is 16.5. The first kappa shape index (κ1) is 24.3. The molecule has 1 atom stereocenters. The predicted molar refractivity (Wildman–Crippen MR) is 127 cm³/mol. The smallest absolute Gasteiger partial charge is 0.257 e. The normalized spacial score (nSPS) is 14.9. The monoisotopic (exact) mass is 451 g/mol. The lowest BCUT2D eigenvalue weighted by Crippen LogP contribution is -2.54. The third-order valence-electron chi connectivity index (χ3n) is 6.07. The van der Waals surface area contributed by atoms with Gasteiger partial charge in [-0.15, -0.1) is 0 Å².